The number of carbonyl (C=O) groups is 1. The molecule has 1 atom stereocenters. The second-order valence-corrected chi connectivity index (χ2v) is 3.85. The number of benzene rings is 1. The zero-order valence-corrected chi connectivity index (χ0v) is 8.26. The number of hydrogen-bond acceptors (Lipinski definition) is 3. The van der Waals surface area contributed by atoms with Gasteiger partial charge in [-0.25, -0.2) is 4.79 Å². The third-order valence-corrected chi connectivity index (χ3v) is 2.54. The highest BCUT2D eigenvalue weighted by Gasteiger charge is 2.04. The third kappa shape index (κ3) is 2.39. The Hall–Kier alpha value is -1.16. The minimum atomic E-state index is -1.00. The molecule has 1 rings (SSSR count). The van der Waals surface area contributed by atoms with Gasteiger partial charge in [-0.3, -0.25) is 4.21 Å². The number of ether oxygens (including phenoxy) is 1. The molecule has 0 N–H and O–H groups in total. The van der Waals surface area contributed by atoms with Crippen molar-refractivity contribution in [3.8, 4) is 0 Å². The van der Waals surface area contributed by atoms with Gasteiger partial charge in [0, 0.05) is 22.0 Å². The first-order chi connectivity index (χ1) is 6.15. The summed E-state index contributed by atoms with van der Waals surface area (Å²) in [7, 11) is 0.323. The summed E-state index contributed by atoms with van der Waals surface area (Å²) in [6.45, 7) is 0. The highest BCUT2D eigenvalue weighted by Crippen LogP contribution is 2.08. The van der Waals surface area contributed by atoms with E-state index in [0.717, 1.165) is 0 Å². The molecule has 0 heterocycles. The summed E-state index contributed by atoms with van der Waals surface area (Å²) in [6.07, 6.45) is 1.59. The van der Waals surface area contributed by atoms with Gasteiger partial charge in [0.25, 0.3) is 0 Å². The zero-order valence-electron chi connectivity index (χ0n) is 7.44. The maximum Gasteiger partial charge on any atom is 0.337 e. The Morgan fingerprint density at radius 1 is 1.31 bits per heavy atom. The van der Waals surface area contributed by atoms with Crippen LogP contribution in [-0.4, -0.2) is 23.5 Å². The van der Waals surface area contributed by atoms with Crippen molar-refractivity contribution < 1.29 is 13.7 Å². The van der Waals surface area contributed by atoms with Gasteiger partial charge in [0.15, 0.2) is 0 Å². The Morgan fingerprint density at radius 3 is 2.23 bits per heavy atom. The molecule has 0 aliphatic rings. The van der Waals surface area contributed by atoms with Crippen molar-refractivity contribution in [1.82, 2.24) is 0 Å². The molecule has 0 saturated carbocycles. The lowest BCUT2D eigenvalue weighted by atomic mass is 10.2. The van der Waals surface area contributed by atoms with Crippen molar-refractivity contribution in [3.63, 3.8) is 0 Å². The SMILES string of the molecule is COC(=O)c1ccc([S@](C)=O)cc1. The lowest BCUT2D eigenvalue weighted by molar-refractivity contribution is 0.0600. The Labute approximate surface area is 79.2 Å². The van der Waals surface area contributed by atoms with Crippen LogP contribution in [0.1, 0.15) is 10.4 Å². The molecule has 70 valence electrons. The molecule has 13 heavy (non-hydrogen) atoms. The number of hydrogen-bond donors (Lipinski definition) is 0. The lowest BCUT2D eigenvalue weighted by Gasteiger charge is -1.99. The van der Waals surface area contributed by atoms with Crippen molar-refractivity contribution >= 4 is 16.8 Å². The Bertz CT molecular complexity index is 329. The summed E-state index contributed by atoms with van der Waals surface area (Å²) in [4.78, 5) is 11.7. The molecule has 0 aromatic heterocycles. The summed E-state index contributed by atoms with van der Waals surface area (Å²) in [5.74, 6) is -0.381. The number of rotatable bonds is 2. The molecule has 0 saturated heterocycles. The van der Waals surface area contributed by atoms with Gasteiger partial charge in [0.2, 0.25) is 0 Å². The van der Waals surface area contributed by atoms with Crippen molar-refractivity contribution in [2.45, 2.75) is 4.90 Å². The highest BCUT2D eigenvalue weighted by atomic mass is 32.2. The molecule has 1 aromatic carbocycles. The van der Waals surface area contributed by atoms with E-state index in [1.807, 2.05) is 0 Å². The number of esters is 1. The molecule has 0 aliphatic heterocycles. The largest absolute Gasteiger partial charge is 0.465 e. The Morgan fingerprint density at radius 2 is 1.85 bits per heavy atom. The van der Waals surface area contributed by atoms with Gasteiger partial charge in [-0.1, -0.05) is 0 Å². The first-order valence-corrected chi connectivity index (χ1v) is 5.22. The van der Waals surface area contributed by atoms with Gasteiger partial charge >= 0.3 is 5.97 Å². The summed E-state index contributed by atoms with van der Waals surface area (Å²) in [5, 5.41) is 0. The van der Waals surface area contributed by atoms with Gasteiger partial charge in [-0.15, -0.1) is 0 Å². The van der Waals surface area contributed by atoms with E-state index in [1.54, 1.807) is 30.5 Å². The Balaban J connectivity index is 2.93. The van der Waals surface area contributed by atoms with Crippen LogP contribution < -0.4 is 0 Å². The van der Waals surface area contributed by atoms with E-state index in [9.17, 15) is 9.00 Å². The van der Waals surface area contributed by atoms with Gasteiger partial charge in [0.05, 0.1) is 12.7 Å². The average Bonchev–Trinajstić information content (AvgIpc) is 2.17. The fourth-order valence-corrected chi connectivity index (χ4v) is 1.42. The van der Waals surface area contributed by atoms with E-state index in [4.69, 9.17) is 0 Å². The summed E-state index contributed by atoms with van der Waals surface area (Å²) < 4.78 is 15.5. The smallest absolute Gasteiger partial charge is 0.337 e. The average molecular weight is 198 g/mol. The summed E-state index contributed by atoms with van der Waals surface area (Å²) in [5.41, 5.74) is 0.469. The quantitative estimate of drug-likeness (QED) is 0.671. The monoisotopic (exact) mass is 198 g/mol. The van der Waals surface area contributed by atoms with Crippen molar-refractivity contribution in [1.29, 1.82) is 0 Å². The van der Waals surface area contributed by atoms with Crippen LogP contribution in [0, 0.1) is 0 Å². The second-order valence-electron chi connectivity index (χ2n) is 2.47. The molecule has 0 amide bonds. The van der Waals surface area contributed by atoms with Crippen LogP contribution in [0.15, 0.2) is 29.2 Å². The summed E-state index contributed by atoms with van der Waals surface area (Å²) in [6, 6.07) is 6.51. The van der Waals surface area contributed by atoms with E-state index in [0.29, 0.717) is 10.5 Å². The molecule has 0 unspecified atom stereocenters. The van der Waals surface area contributed by atoms with Crippen LogP contribution in [0.5, 0.6) is 0 Å². The molecule has 0 aliphatic carbocycles. The second kappa shape index (κ2) is 4.18. The van der Waals surface area contributed by atoms with Crippen LogP contribution >= 0.6 is 0 Å². The summed E-state index contributed by atoms with van der Waals surface area (Å²) >= 11 is 0. The number of carbonyl (C=O) groups excluding carboxylic acids is 1. The van der Waals surface area contributed by atoms with Gasteiger partial charge < -0.3 is 4.74 Å². The van der Waals surface area contributed by atoms with Crippen LogP contribution in [0.4, 0.5) is 0 Å². The topological polar surface area (TPSA) is 43.4 Å². The molecule has 1 aromatic rings. The minimum absolute atomic E-state index is 0.381. The zero-order chi connectivity index (χ0) is 9.84. The first-order valence-electron chi connectivity index (χ1n) is 3.67. The van der Waals surface area contributed by atoms with Crippen molar-refractivity contribution in [2.75, 3.05) is 13.4 Å². The molecular weight excluding hydrogens is 188 g/mol. The van der Waals surface area contributed by atoms with E-state index in [1.165, 1.54) is 7.11 Å². The fourth-order valence-electron chi connectivity index (χ4n) is 0.901. The maximum absolute atomic E-state index is 11.0. The molecule has 4 heteroatoms. The molecule has 0 bridgehead atoms. The standard InChI is InChI=1S/C9H10O3S/c1-12-9(10)7-3-5-8(6-4-7)13(2)11/h3-6H,1-2H3/t13-/m0/s1. The van der Waals surface area contributed by atoms with Crippen molar-refractivity contribution in [3.05, 3.63) is 29.8 Å². The molecular formula is C9H10O3S. The van der Waals surface area contributed by atoms with Crippen molar-refractivity contribution in [2.24, 2.45) is 0 Å². The third-order valence-electron chi connectivity index (χ3n) is 1.61. The lowest BCUT2D eigenvalue weighted by Crippen LogP contribution is -2.00. The van der Waals surface area contributed by atoms with E-state index < -0.39 is 10.8 Å². The molecule has 0 spiro atoms. The van der Waals surface area contributed by atoms with Gasteiger partial charge in [0.1, 0.15) is 0 Å². The first kappa shape index (κ1) is 9.92. The van der Waals surface area contributed by atoms with Crippen LogP contribution in [0.25, 0.3) is 0 Å². The maximum atomic E-state index is 11.0. The van der Waals surface area contributed by atoms with Crippen LogP contribution in [0.3, 0.4) is 0 Å². The Kier molecular flexibility index (Phi) is 3.19. The predicted molar refractivity (Wildman–Crippen MR) is 50.1 cm³/mol. The van der Waals surface area contributed by atoms with Crippen LogP contribution in [0.2, 0.25) is 0 Å². The van der Waals surface area contributed by atoms with Gasteiger partial charge in [-0.2, -0.15) is 0 Å². The van der Waals surface area contributed by atoms with E-state index in [2.05, 4.69) is 4.74 Å². The highest BCUT2D eigenvalue weighted by molar-refractivity contribution is 7.84. The molecule has 0 fully saturated rings. The normalized spacial score (nSPS) is 12.2. The van der Waals surface area contributed by atoms with Crippen LogP contribution in [-0.2, 0) is 15.5 Å². The van der Waals surface area contributed by atoms with Gasteiger partial charge in [-0.05, 0) is 24.3 Å². The van der Waals surface area contributed by atoms with E-state index in [-0.39, 0.29) is 5.97 Å². The molecule has 0 radical (unpaired) electrons. The minimum Gasteiger partial charge on any atom is -0.465 e. The number of methoxy groups -OCH3 is 1. The molecule has 3 nitrogen and oxygen atoms in total. The fraction of sp³-hybridized carbons (Fsp3) is 0.222. The predicted octanol–water partition coefficient (Wildman–Crippen LogP) is 1.21. The van der Waals surface area contributed by atoms with E-state index >= 15 is 0 Å².